The van der Waals surface area contributed by atoms with E-state index in [-0.39, 0.29) is 16.8 Å². The third-order valence-electron chi connectivity index (χ3n) is 4.02. The van der Waals surface area contributed by atoms with Gasteiger partial charge in [-0.15, -0.1) is 0 Å². The van der Waals surface area contributed by atoms with Crippen LogP contribution in [0.1, 0.15) is 28.6 Å². The molecule has 0 saturated heterocycles. The van der Waals surface area contributed by atoms with Crippen LogP contribution in [0.25, 0.3) is 11.0 Å². The average molecular weight is 376 g/mol. The van der Waals surface area contributed by atoms with Gasteiger partial charge < -0.3 is 14.5 Å². The highest BCUT2D eigenvalue weighted by Gasteiger charge is 2.21. The molecule has 1 heterocycles. The van der Waals surface area contributed by atoms with E-state index in [0.717, 1.165) is 11.6 Å². The number of rotatable bonds is 4. The number of carbonyl (C=O) groups excluding carboxylic acids is 2. The first-order valence-corrected chi connectivity index (χ1v) is 8.44. The summed E-state index contributed by atoms with van der Waals surface area (Å²) in [5, 5.41) is 11.7. The predicted octanol–water partition coefficient (Wildman–Crippen LogP) is 3.16. The fourth-order valence-electron chi connectivity index (χ4n) is 2.51. The Morgan fingerprint density at radius 3 is 2.54 bits per heavy atom. The van der Waals surface area contributed by atoms with Crippen molar-refractivity contribution >= 4 is 28.5 Å². The first-order valence-electron chi connectivity index (χ1n) is 8.44. The molecule has 0 fully saturated rings. The van der Waals surface area contributed by atoms with Crippen LogP contribution in [0.5, 0.6) is 0 Å². The number of esters is 1. The number of hydrogen-bond donors (Lipinski definition) is 1. The molecule has 7 heteroatoms. The van der Waals surface area contributed by atoms with Gasteiger partial charge in [-0.3, -0.25) is 9.59 Å². The summed E-state index contributed by atoms with van der Waals surface area (Å²) in [7, 11) is 0. The number of nitrogens with zero attached hydrogens (tertiary/aromatic N) is 1. The number of nitriles is 1. The number of nitrogens with one attached hydrogen (secondary N) is 1. The zero-order valence-electron chi connectivity index (χ0n) is 15.2. The molecule has 1 aromatic heterocycles. The van der Waals surface area contributed by atoms with Gasteiger partial charge in [-0.25, -0.2) is 4.79 Å². The molecule has 0 spiro atoms. The van der Waals surface area contributed by atoms with Crippen molar-refractivity contribution in [3.63, 3.8) is 0 Å². The number of ether oxygens (including phenoxy) is 1. The molecule has 0 saturated carbocycles. The van der Waals surface area contributed by atoms with Crippen LogP contribution in [-0.4, -0.2) is 18.0 Å². The van der Waals surface area contributed by atoms with E-state index < -0.39 is 18.0 Å². The Bertz CT molecular complexity index is 1160. The zero-order chi connectivity index (χ0) is 20.3. The van der Waals surface area contributed by atoms with E-state index in [2.05, 4.69) is 5.32 Å². The average Bonchev–Trinajstić information content (AvgIpc) is 2.68. The molecule has 0 unspecified atom stereocenters. The van der Waals surface area contributed by atoms with E-state index in [1.54, 1.807) is 42.5 Å². The smallest absolute Gasteiger partial charge is 0.375 e. The molecule has 1 amide bonds. The number of hydrogen-bond acceptors (Lipinski definition) is 6. The molecule has 2 aromatic carbocycles. The minimum Gasteiger partial charge on any atom is -0.449 e. The molecule has 0 bridgehead atoms. The van der Waals surface area contributed by atoms with Gasteiger partial charge in [0.25, 0.3) is 5.91 Å². The first-order chi connectivity index (χ1) is 13.4. The number of amides is 1. The van der Waals surface area contributed by atoms with Crippen molar-refractivity contribution in [2.24, 2.45) is 0 Å². The van der Waals surface area contributed by atoms with Gasteiger partial charge in [-0.05, 0) is 50.2 Å². The van der Waals surface area contributed by atoms with Crippen LogP contribution in [0.2, 0.25) is 0 Å². The highest BCUT2D eigenvalue weighted by atomic mass is 16.6. The lowest BCUT2D eigenvalue weighted by atomic mass is 10.1. The minimum atomic E-state index is -1.12. The number of fused-ring (bicyclic) bond motifs is 1. The van der Waals surface area contributed by atoms with Crippen LogP contribution in [0.15, 0.2) is 57.7 Å². The Labute approximate surface area is 160 Å². The lowest BCUT2D eigenvalue weighted by Gasteiger charge is -2.13. The third-order valence-corrected chi connectivity index (χ3v) is 4.02. The van der Waals surface area contributed by atoms with Crippen molar-refractivity contribution in [2.45, 2.75) is 20.0 Å². The summed E-state index contributed by atoms with van der Waals surface area (Å²) in [6, 6.07) is 14.3. The van der Waals surface area contributed by atoms with Crippen LogP contribution in [-0.2, 0) is 9.53 Å². The van der Waals surface area contributed by atoms with E-state index in [9.17, 15) is 14.4 Å². The van der Waals surface area contributed by atoms with Crippen molar-refractivity contribution in [1.29, 1.82) is 5.26 Å². The highest BCUT2D eigenvalue weighted by molar-refractivity contribution is 5.97. The minimum absolute atomic E-state index is 0.264. The Balaban J connectivity index is 1.72. The molecule has 1 atom stereocenters. The van der Waals surface area contributed by atoms with Crippen LogP contribution in [0, 0.1) is 18.3 Å². The zero-order valence-corrected chi connectivity index (χ0v) is 15.2. The highest BCUT2D eigenvalue weighted by Crippen LogP contribution is 2.16. The molecule has 3 rings (SSSR count). The lowest BCUT2D eigenvalue weighted by molar-refractivity contribution is -0.123. The molecule has 0 radical (unpaired) electrons. The second kappa shape index (κ2) is 7.76. The van der Waals surface area contributed by atoms with Crippen molar-refractivity contribution in [1.82, 2.24) is 0 Å². The van der Waals surface area contributed by atoms with Gasteiger partial charge in [-0.2, -0.15) is 5.26 Å². The molecule has 0 aliphatic carbocycles. The van der Waals surface area contributed by atoms with Gasteiger partial charge in [0.15, 0.2) is 11.5 Å². The third kappa shape index (κ3) is 4.07. The standard InChI is InChI=1S/C21H16N2O5/c1-12-3-8-18-16(9-12)17(24)10-19(28-18)21(26)27-13(2)20(25)23-15-6-4-14(11-22)5-7-15/h3-10,13H,1-2H3,(H,23,25)/t13-/m0/s1. The summed E-state index contributed by atoms with van der Waals surface area (Å²) >= 11 is 0. The summed E-state index contributed by atoms with van der Waals surface area (Å²) in [5.74, 6) is -1.75. The van der Waals surface area contributed by atoms with Crippen LogP contribution < -0.4 is 10.7 Å². The topological polar surface area (TPSA) is 109 Å². The van der Waals surface area contributed by atoms with E-state index in [1.807, 2.05) is 13.0 Å². The molecule has 28 heavy (non-hydrogen) atoms. The quantitative estimate of drug-likeness (QED) is 0.701. The summed E-state index contributed by atoms with van der Waals surface area (Å²) in [4.78, 5) is 36.7. The maximum absolute atomic E-state index is 12.3. The summed E-state index contributed by atoms with van der Waals surface area (Å²) in [6.45, 7) is 3.24. The van der Waals surface area contributed by atoms with Crippen LogP contribution in [0.4, 0.5) is 5.69 Å². The molecular formula is C21H16N2O5. The number of benzene rings is 2. The number of carbonyl (C=O) groups is 2. The Hall–Kier alpha value is -3.92. The number of aryl methyl sites for hydroxylation is 1. The number of anilines is 1. The normalized spacial score (nSPS) is 11.5. The molecule has 1 N–H and O–H groups in total. The Morgan fingerprint density at radius 2 is 1.86 bits per heavy atom. The SMILES string of the molecule is Cc1ccc2oc(C(=O)O[C@@H](C)C(=O)Nc3ccc(C#N)cc3)cc(=O)c2c1. The fourth-order valence-corrected chi connectivity index (χ4v) is 2.51. The van der Waals surface area contributed by atoms with Gasteiger partial charge in [0.2, 0.25) is 5.76 Å². The van der Waals surface area contributed by atoms with E-state index >= 15 is 0 Å². The first kappa shape index (κ1) is 18.9. The van der Waals surface area contributed by atoms with E-state index in [1.165, 1.54) is 6.92 Å². The molecule has 3 aromatic rings. The second-order valence-corrected chi connectivity index (χ2v) is 6.20. The Morgan fingerprint density at radius 1 is 1.14 bits per heavy atom. The summed E-state index contributed by atoms with van der Waals surface area (Å²) in [5.41, 5.74) is 1.70. The monoisotopic (exact) mass is 376 g/mol. The molecular weight excluding hydrogens is 360 g/mol. The maximum atomic E-state index is 12.3. The van der Waals surface area contributed by atoms with Crippen molar-refractivity contribution in [2.75, 3.05) is 5.32 Å². The molecule has 0 aliphatic heterocycles. The van der Waals surface area contributed by atoms with Gasteiger partial charge in [0.05, 0.1) is 17.0 Å². The van der Waals surface area contributed by atoms with Crippen molar-refractivity contribution in [3.05, 3.63) is 75.6 Å². The van der Waals surface area contributed by atoms with E-state index in [4.69, 9.17) is 14.4 Å². The molecule has 7 nitrogen and oxygen atoms in total. The lowest BCUT2D eigenvalue weighted by Crippen LogP contribution is -2.30. The predicted molar refractivity (Wildman–Crippen MR) is 102 cm³/mol. The Kier molecular flexibility index (Phi) is 5.23. The maximum Gasteiger partial charge on any atom is 0.375 e. The van der Waals surface area contributed by atoms with Gasteiger partial charge in [0, 0.05) is 11.8 Å². The van der Waals surface area contributed by atoms with E-state index in [0.29, 0.717) is 16.6 Å². The van der Waals surface area contributed by atoms with Gasteiger partial charge in [-0.1, -0.05) is 11.6 Å². The second-order valence-electron chi connectivity index (χ2n) is 6.20. The van der Waals surface area contributed by atoms with Crippen molar-refractivity contribution < 1.29 is 18.7 Å². The van der Waals surface area contributed by atoms with Crippen LogP contribution >= 0.6 is 0 Å². The van der Waals surface area contributed by atoms with Crippen molar-refractivity contribution in [3.8, 4) is 6.07 Å². The molecule has 140 valence electrons. The van der Waals surface area contributed by atoms with Gasteiger partial charge in [0.1, 0.15) is 5.58 Å². The fraction of sp³-hybridized carbons (Fsp3) is 0.143. The summed E-state index contributed by atoms with van der Waals surface area (Å²) in [6.07, 6.45) is -1.12. The van der Waals surface area contributed by atoms with Crippen LogP contribution in [0.3, 0.4) is 0 Å². The largest absolute Gasteiger partial charge is 0.449 e. The summed E-state index contributed by atoms with van der Waals surface area (Å²) < 4.78 is 10.6. The molecule has 0 aliphatic rings. The van der Waals surface area contributed by atoms with Gasteiger partial charge >= 0.3 is 5.97 Å².